The lowest BCUT2D eigenvalue weighted by atomic mass is 10.0. The predicted molar refractivity (Wildman–Crippen MR) is 55.6 cm³/mol. The molecule has 0 radical (unpaired) electrons. The minimum absolute atomic E-state index is 0.575. The molecule has 2 atom stereocenters. The molecule has 1 N–H and O–H groups in total. The Morgan fingerprint density at radius 2 is 2.00 bits per heavy atom. The van der Waals surface area contributed by atoms with Crippen LogP contribution in [0.1, 0.15) is 6.92 Å². The molecular weight excluding hydrogens is 259 g/mol. The van der Waals surface area contributed by atoms with Crippen LogP contribution in [0.25, 0.3) is 0 Å². The lowest BCUT2D eigenvalue weighted by Gasteiger charge is -2.26. The van der Waals surface area contributed by atoms with E-state index in [4.69, 9.17) is 0 Å². The van der Waals surface area contributed by atoms with E-state index >= 15 is 0 Å². The zero-order valence-electron chi connectivity index (χ0n) is 9.15. The molecule has 1 aliphatic carbocycles. The molecule has 0 aromatic heterocycles. The highest BCUT2D eigenvalue weighted by atomic mass is 32.2. The molecule has 1 rings (SSSR count). The van der Waals surface area contributed by atoms with Crippen molar-refractivity contribution in [3.05, 3.63) is 23.8 Å². The third kappa shape index (κ3) is 5.33. The average Bonchev–Trinajstić information content (AvgIpc) is 2.05. The number of hydrogen-bond acceptors (Lipinski definition) is 3. The third-order valence-corrected chi connectivity index (χ3v) is 2.67. The molecule has 0 bridgehead atoms. The lowest BCUT2D eigenvalue weighted by Crippen LogP contribution is -2.45. The van der Waals surface area contributed by atoms with Crippen molar-refractivity contribution in [3.63, 3.8) is 0 Å². The lowest BCUT2D eigenvalue weighted by molar-refractivity contribution is -0.337. The molecule has 0 saturated heterocycles. The molecule has 0 aromatic rings. The average molecular weight is 271 g/mol. The van der Waals surface area contributed by atoms with Gasteiger partial charge in [-0.05, 0) is 6.92 Å². The van der Waals surface area contributed by atoms with Crippen molar-refractivity contribution in [2.75, 3.05) is 6.26 Å². The molecule has 2 unspecified atom stereocenters. The van der Waals surface area contributed by atoms with E-state index in [9.17, 15) is 21.6 Å². The molecule has 0 spiro atoms. The number of ether oxygens (including phenoxy) is 1. The van der Waals surface area contributed by atoms with Crippen molar-refractivity contribution in [3.8, 4) is 0 Å². The second-order valence-electron chi connectivity index (χ2n) is 3.71. The second-order valence-corrected chi connectivity index (χ2v) is 5.49. The summed E-state index contributed by atoms with van der Waals surface area (Å²) in [6, 6.07) is -1.06. The van der Waals surface area contributed by atoms with Crippen LogP contribution in [-0.2, 0) is 14.8 Å². The normalized spacial score (nSPS) is 25.8. The van der Waals surface area contributed by atoms with Crippen molar-refractivity contribution < 1.29 is 26.3 Å². The van der Waals surface area contributed by atoms with Crippen molar-refractivity contribution in [1.82, 2.24) is 4.72 Å². The van der Waals surface area contributed by atoms with Gasteiger partial charge in [0, 0.05) is 0 Å². The quantitative estimate of drug-likeness (QED) is 0.842. The van der Waals surface area contributed by atoms with Gasteiger partial charge in [0.05, 0.1) is 12.3 Å². The van der Waals surface area contributed by atoms with Gasteiger partial charge in [0.25, 0.3) is 0 Å². The summed E-state index contributed by atoms with van der Waals surface area (Å²) in [6.45, 7) is 1.60. The van der Waals surface area contributed by atoms with Crippen LogP contribution in [0.5, 0.6) is 0 Å². The number of rotatable bonds is 3. The summed E-state index contributed by atoms with van der Waals surface area (Å²) in [6.07, 6.45) is -1.27. The van der Waals surface area contributed by atoms with E-state index in [0.29, 0.717) is 5.57 Å². The maximum atomic E-state index is 12.1. The van der Waals surface area contributed by atoms with E-state index in [0.717, 1.165) is 6.26 Å². The highest BCUT2D eigenvalue weighted by molar-refractivity contribution is 7.88. The first-order valence-electron chi connectivity index (χ1n) is 4.65. The van der Waals surface area contributed by atoms with Gasteiger partial charge in [-0.2, -0.15) is 0 Å². The smallest absolute Gasteiger partial charge is 0.282 e. The molecule has 0 heterocycles. The molecule has 17 heavy (non-hydrogen) atoms. The van der Waals surface area contributed by atoms with E-state index in [2.05, 4.69) is 9.46 Å². The molecule has 8 heteroatoms. The standard InChI is InChI=1S/C9H12F3NO3S/c1-6-3-4-7(13-17(2,14)15)8(5-6)16-9(10,11)12/h3-5,7-8,13H,1-2H3. The topological polar surface area (TPSA) is 55.4 Å². The van der Waals surface area contributed by atoms with Gasteiger partial charge in [-0.15, -0.1) is 13.2 Å². The molecule has 0 aromatic carbocycles. The van der Waals surface area contributed by atoms with E-state index < -0.39 is 28.5 Å². The van der Waals surface area contributed by atoms with E-state index in [-0.39, 0.29) is 0 Å². The number of allylic oxidation sites excluding steroid dienone is 2. The second kappa shape index (κ2) is 4.79. The summed E-state index contributed by atoms with van der Waals surface area (Å²) in [4.78, 5) is 0. The number of nitrogens with one attached hydrogen (secondary N) is 1. The van der Waals surface area contributed by atoms with Crippen molar-refractivity contribution >= 4 is 10.0 Å². The van der Waals surface area contributed by atoms with Crippen molar-refractivity contribution in [1.29, 1.82) is 0 Å². The Morgan fingerprint density at radius 3 is 2.47 bits per heavy atom. The molecule has 4 nitrogen and oxygen atoms in total. The van der Waals surface area contributed by atoms with Gasteiger partial charge in [0.1, 0.15) is 6.10 Å². The van der Waals surface area contributed by atoms with Gasteiger partial charge in [-0.3, -0.25) is 4.74 Å². The van der Waals surface area contributed by atoms with E-state index in [1.54, 1.807) is 6.92 Å². The number of hydrogen-bond donors (Lipinski definition) is 1. The first-order valence-corrected chi connectivity index (χ1v) is 6.54. The van der Waals surface area contributed by atoms with Crippen molar-refractivity contribution in [2.24, 2.45) is 0 Å². The third-order valence-electron chi connectivity index (χ3n) is 1.97. The fourth-order valence-electron chi connectivity index (χ4n) is 1.40. The molecule has 0 amide bonds. The highest BCUT2D eigenvalue weighted by Gasteiger charge is 2.37. The highest BCUT2D eigenvalue weighted by Crippen LogP contribution is 2.24. The molecule has 1 aliphatic rings. The Balaban J connectivity index is 2.85. The number of halogens is 3. The Labute approximate surface area is 97.2 Å². The van der Waals surface area contributed by atoms with Crippen LogP contribution in [0.3, 0.4) is 0 Å². The first kappa shape index (κ1) is 14.2. The SMILES string of the molecule is CC1=CC(OC(F)(F)F)C(NS(C)(=O)=O)C=C1. The minimum Gasteiger partial charge on any atom is -0.282 e. The summed E-state index contributed by atoms with van der Waals surface area (Å²) in [5.74, 6) is 0. The Kier molecular flexibility index (Phi) is 4.00. The van der Waals surface area contributed by atoms with Crippen LogP contribution in [0.4, 0.5) is 13.2 Å². The van der Waals surface area contributed by atoms with Crippen molar-refractivity contribution in [2.45, 2.75) is 25.4 Å². The maximum absolute atomic E-state index is 12.1. The summed E-state index contributed by atoms with van der Waals surface area (Å²) >= 11 is 0. The molecule has 0 fully saturated rings. The van der Waals surface area contributed by atoms with E-state index in [1.165, 1.54) is 18.2 Å². The first-order chi connectivity index (χ1) is 7.57. The molecule has 98 valence electrons. The largest absolute Gasteiger partial charge is 0.523 e. The van der Waals surface area contributed by atoms with Gasteiger partial charge < -0.3 is 0 Å². The summed E-state index contributed by atoms with van der Waals surface area (Å²) in [7, 11) is -3.61. The zero-order valence-corrected chi connectivity index (χ0v) is 9.97. The molecule has 0 saturated carbocycles. The monoisotopic (exact) mass is 271 g/mol. The van der Waals surface area contributed by atoms with Gasteiger partial charge in [0.2, 0.25) is 10.0 Å². The molecular formula is C9H12F3NO3S. The zero-order chi connectivity index (χ0) is 13.3. The summed E-state index contributed by atoms with van der Waals surface area (Å²) < 4.78 is 64.3. The molecule has 0 aliphatic heterocycles. The van der Waals surface area contributed by atoms with Gasteiger partial charge in [-0.25, -0.2) is 13.1 Å². The Bertz CT molecular complexity index is 439. The van der Waals surface area contributed by atoms with Crippen LogP contribution in [0.2, 0.25) is 0 Å². The van der Waals surface area contributed by atoms with Gasteiger partial charge in [-0.1, -0.05) is 23.8 Å². The number of alkyl halides is 3. The van der Waals surface area contributed by atoms with Gasteiger partial charge >= 0.3 is 6.36 Å². The summed E-state index contributed by atoms with van der Waals surface area (Å²) in [5, 5.41) is 0. The predicted octanol–water partition coefficient (Wildman–Crippen LogP) is 1.33. The fraction of sp³-hybridized carbons (Fsp3) is 0.556. The van der Waals surface area contributed by atoms with Crippen LogP contribution in [-0.4, -0.2) is 33.2 Å². The number of sulfonamides is 1. The van der Waals surface area contributed by atoms with Crippen LogP contribution in [0.15, 0.2) is 23.8 Å². The fourth-order valence-corrected chi connectivity index (χ4v) is 2.11. The van der Waals surface area contributed by atoms with Crippen LogP contribution >= 0.6 is 0 Å². The minimum atomic E-state index is -4.82. The van der Waals surface area contributed by atoms with Crippen LogP contribution in [0, 0.1) is 0 Å². The van der Waals surface area contributed by atoms with E-state index in [1.807, 2.05) is 0 Å². The maximum Gasteiger partial charge on any atom is 0.523 e. The summed E-state index contributed by atoms with van der Waals surface area (Å²) in [5.41, 5.74) is 0.575. The van der Waals surface area contributed by atoms with Gasteiger partial charge in [0.15, 0.2) is 0 Å². The van der Waals surface area contributed by atoms with Crippen LogP contribution < -0.4 is 4.72 Å². The Hall–Kier alpha value is -0.860. The Morgan fingerprint density at radius 1 is 1.41 bits per heavy atom.